The minimum atomic E-state index is -0.845. The predicted molar refractivity (Wildman–Crippen MR) is 278 cm³/mol. The average molecular weight is 903 g/mol. The summed E-state index contributed by atoms with van der Waals surface area (Å²) in [5.74, 6) is -0.0693. The van der Waals surface area contributed by atoms with Crippen LogP contribution < -0.4 is 5.32 Å². The molecule has 64 heavy (non-hydrogen) atoms. The van der Waals surface area contributed by atoms with Crippen LogP contribution in [0.25, 0.3) is 0 Å². The third kappa shape index (κ3) is 49.8. The first kappa shape index (κ1) is 62.3. The maximum atomic E-state index is 12.4. The number of esters is 1. The summed E-state index contributed by atoms with van der Waals surface area (Å²) in [5.41, 5.74) is 0. The molecule has 0 bridgehead atoms. The van der Waals surface area contributed by atoms with Crippen LogP contribution in [0.15, 0.2) is 24.3 Å². The second-order valence-corrected chi connectivity index (χ2v) is 19.6. The van der Waals surface area contributed by atoms with Crippen molar-refractivity contribution in [2.75, 3.05) is 13.2 Å². The number of unbranched alkanes of at least 4 members (excludes halogenated alkanes) is 40. The summed E-state index contributed by atoms with van der Waals surface area (Å²) in [6.45, 7) is 4.89. The summed E-state index contributed by atoms with van der Waals surface area (Å²) < 4.78 is 5.49. The highest BCUT2D eigenvalue weighted by Gasteiger charge is 2.18. The van der Waals surface area contributed by atoms with Crippen molar-refractivity contribution in [3.8, 4) is 0 Å². The van der Waals surface area contributed by atoms with Gasteiger partial charge in [0.05, 0.1) is 25.4 Å². The van der Waals surface area contributed by atoms with Crippen LogP contribution in [0.2, 0.25) is 0 Å². The monoisotopic (exact) mass is 902 g/mol. The number of aliphatic hydroxyl groups is 2. The van der Waals surface area contributed by atoms with Crippen LogP contribution in [0.1, 0.15) is 309 Å². The lowest BCUT2D eigenvalue weighted by atomic mass is 10.0. The van der Waals surface area contributed by atoms with E-state index >= 15 is 0 Å². The zero-order valence-electron chi connectivity index (χ0n) is 43.0. The lowest BCUT2D eigenvalue weighted by molar-refractivity contribution is -0.143. The molecule has 3 N–H and O–H groups in total. The van der Waals surface area contributed by atoms with Gasteiger partial charge in [-0.1, -0.05) is 263 Å². The molecule has 378 valence electrons. The third-order valence-electron chi connectivity index (χ3n) is 13.2. The van der Waals surface area contributed by atoms with Gasteiger partial charge in [-0.05, 0) is 57.8 Å². The minimum Gasteiger partial charge on any atom is -0.466 e. The molecule has 0 saturated carbocycles. The highest BCUT2D eigenvalue weighted by molar-refractivity contribution is 5.76. The van der Waals surface area contributed by atoms with Crippen molar-refractivity contribution in [1.82, 2.24) is 5.32 Å². The number of ether oxygens (including phenoxy) is 1. The van der Waals surface area contributed by atoms with Crippen molar-refractivity contribution in [3.05, 3.63) is 24.3 Å². The fourth-order valence-corrected chi connectivity index (χ4v) is 8.81. The van der Waals surface area contributed by atoms with E-state index in [2.05, 4.69) is 31.3 Å². The lowest BCUT2D eigenvalue weighted by Crippen LogP contribution is -2.45. The number of amides is 1. The molecule has 1 amide bonds. The molecule has 2 unspecified atom stereocenters. The van der Waals surface area contributed by atoms with Crippen LogP contribution in [-0.2, 0) is 14.3 Å². The summed E-state index contributed by atoms with van der Waals surface area (Å²) >= 11 is 0. The Labute approximate surface area is 399 Å². The fourth-order valence-electron chi connectivity index (χ4n) is 8.81. The molecule has 0 saturated heterocycles. The molecular formula is C58H111NO5. The van der Waals surface area contributed by atoms with Gasteiger partial charge in [-0.2, -0.15) is 0 Å². The van der Waals surface area contributed by atoms with E-state index in [4.69, 9.17) is 4.74 Å². The molecule has 0 heterocycles. The molecular weight excluding hydrogens is 791 g/mol. The van der Waals surface area contributed by atoms with Gasteiger partial charge in [0.2, 0.25) is 5.91 Å². The van der Waals surface area contributed by atoms with Crippen molar-refractivity contribution in [2.24, 2.45) is 0 Å². The van der Waals surface area contributed by atoms with Crippen LogP contribution in [0, 0.1) is 0 Å². The Morgan fingerprint density at radius 1 is 0.422 bits per heavy atom. The van der Waals surface area contributed by atoms with Crippen molar-refractivity contribution in [3.63, 3.8) is 0 Å². The van der Waals surface area contributed by atoms with Crippen LogP contribution in [0.4, 0.5) is 0 Å². The minimum absolute atomic E-state index is 0.00351. The number of hydrogen-bond donors (Lipinski definition) is 3. The van der Waals surface area contributed by atoms with Gasteiger partial charge < -0.3 is 20.3 Å². The zero-order chi connectivity index (χ0) is 46.5. The van der Waals surface area contributed by atoms with E-state index in [9.17, 15) is 19.8 Å². The molecule has 0 aromatic rings. The summed E-state index contributed by atoms with van der Waals surface area (Å²) in [6, 6.07) is -0.629. The topological polar surface area (TPSA) is 95.9 Å². The van der Waals surface area contributed by atoms with Crippen molar-refractivity contribution < 1.29 is 24.5 Å². The fraction of sp³-hybridized carbons (Fsp3) is 0.897. The van der Waals surface area contributed by atoms with Gasteiger partial charge in [-0.15, -0.1) is 0 Å². The Balaban J connectivity index is 3.39. The molecule has 6 heteroatoms. The average Bonchev–Trinajstić information content (AvgIpc) is 3.29. The Morgan fingerprint density at radius 2 is 0.734 bits per heavy atom. The second kappa shape index (κ2) is 54.0. The number of aliphatic hydroxyl groups excluding tert-OH is 2. The molecule has 0 fully saturated rings. The number of carbonyl (C=O) groups excluding carboxylic acids is 2. The molecule has 2 atom stereocenters. The van der Waals surface area contributed by atoms with Crippen LogP contribution >= 0.6 is 0 Å². The summed E-state index contributed by atoms with van der Waals surface area (Å²) in [4.78, 5) is 24.5. The maximum Gasteiger partial charge on any atom is 0.305 e. The van der Waals surface area contributed by atoms with Gasteiger partial charge in [0.25, 0.3) is 0 Å². The predicted octanol–water partition coefficient (Wildman–Crippen LogP) is 17.5. The van der Waals surface area contributed by atoms with Gasteiger partial charge in [-0.3, -0.25) is 9.59 Å². The summed E-state index contributed by atoms with van der Waals surface area (Å²) in [6.07, 6.45) is 64.8. The first-order valence-electron chi connectivity index (χ1n) is 28.6. The number of nitrogens with one attached hydrogen (secondary N) is 1. The highest BCUT2D eigenvalue weighted by atomic mass is 16.5. The first-order valence-corrected chi connectivity index (χ1v) is 28.6. The Bertz CT molecular complexity index is 997. The Kier molecular flexibility index (Phi) is 52.6. The van der Waals surface area contributed by atoms with Gasteiger partial charge in [0.15, 0.2) is 0 Å². The van der Waals surface area contributed by atoms with E-state index in [0.29, 0.717) is 19.4 Å². The van der Waals surface area contributed by atoms with Gasteiger partial charge >= 0.3 is 5.97 Å². The highest BCUT2D eigenvalue weighted by Crippen LogP contribution is 2.17. The number of allylic oxidation sites excluding steroid dienone is 3. The summed E-state index contributed by atoms with van der Waals surface area (Å²) in [7, 11) is 0. The van der Waals surface area contributed by atoms with Crippen LogP contribution in [0.3, 0.4) is 0 Å². The van der Waals surface area contributed by atoms with Crippen molar-refractivity contribution in [2.45, 2.75) is 321 Å². The molecule has 0 aromatic heterocycles. The third-order valence-corrected chi connectivity index (χ3v) is 13.2. The number of hydrogen-bond acceptors (Lipinski definition) is 5. The van der Waals surface area contributed by atoms with Gasteiger partial charge in [-0.25, -0.2) is 0 Å². The second-order valence-electron chi connectivity index (χ2n) is 19.6. The molecule has 0 aromatic carbocycles. The molecule has 0 aliphatic carbocycles. The molecule has 0 spiro atoms. The molecule has 0 aliphatic rings. The largest absolute Gasteiger partial charge is 0.466 e. The van der Waals surface area contributed by atoms with Gasteiger partial charge in [0, 0.05) is 12.8 Å². The normalized spacial score (nSPS) is 12.8. The standard InChI is InChI=1S/C58H111NO5/c1-3-5-7-9-11-13-15-16-17-18-22-25-28-32-36-40-44-48-52-58(63)64-53-49-45-41-37-33-29-26-23-20-19-21-24-27-31-35-39-43-47-51-57(62)59-55(54-60)56(61)50-46-42-38-34-30-14-12-10-8-6-4-2/h17-18,46,50,55-56,60-61H,3-16,19-45,47-49,51-54H2,1-2H3,(H,59,62)/b18-17-,50-46+. The zero-order valence-corrected chi connectivity index (χ0v) is 43.0. The molecule has 6 nitrogen and oxygen atoms in total. The van der Waals surface area contributed by atoms with E-state index in [-0.39, 0.29) is 18.5 Å². The summed E-state index contributed by atoms with van der Waals surface area (Å²) in [5, 5.41) is 23.0. The lowest BCUT2D eigenvalue weighted by Gasteiger charge is -2.20. The van der Waals surface area contributed by atoms with Gasteiger partial charge in [0.1, 0.15) is 0 Å². The van der Waals surface area contributed by atoms with Crippen molar-refractivity contribution in [1.29, 1.82) is 0 Å². The molecule has 0 rings (SSSR count). The van der Waals surface area contributed by atoms with E-state index in [1.165, 1.54) is 238 Å². The van der Waals surface area contributed by atoms with Crippen molar-refractivity contribution >= 4 is 11.9 Å². The smallest absolute Gasteiger partial charge is 0.305 e. The number of rotatable bonds is 53. The van der Waals surface area contributed by atoms with Crippen LogP contribution in [-0.4, -0.2) is 47.4 Å². The molecule has 0 aliphatic heterocycles. The van der Waals surface area contributed by atoms with Crippen LogP contribution in [0.5, 0.6) is 0 Å². The SMILES string of the molecule is CCCCCCCCC/C=C\CCCCCCCCCC(=O)OCCCCCCCCCCCCCCCCCCCCC(=O)NC(CO)C(O)/C=C/CCCCCCCCCCC. The Morgan fingerprint density at radius 3 is 1.11 bits per heavy atom. The van der Waals surface area contributed by atoms with E-state index in [0.717, 1.165) is 44.9 Å². The molecule has 0 radical (unpaired) electrons. The quantitative estimate of drug-likeness (QED) is 0.0321. The maximum absolute atomic E-state index is 12.4. The number of carbonyl (C=O) groups is 2. The van der Waals surface area contributed by atoms with E-state index < -0.39 is 12.1 Å². The Hall–Kier alpha value is -1.66. The first-order chi connectivity index (χ1) is 31.5. The van der Waals surface area contributed by atoms with E-state index in [1.807, 2.05) is 6.08 Å². The van der Waals surface area contributed by atoms with E-state index in [1.54, 1.807) is 6.08 Å².